The smallest absolute Gasteiger partial charge is 0.254 e. The third-order valence-corrected chi connectivity index (χ3v) is 4.93. The molecule has 1 unspecified atom stereocenters. The number of hydrogen-bond donors (Lipinski definition) is 1. The molecule has 2 aromatic carbocycles. The van der Waals surface area contributed by atoms with Gasteiger partial charge in [-0.2, -0.15) is 0 Å². The molecular formula is C21H22F3N3O3. The molecule has 6 nitrogen and oxygen atoms in total. The van der Waals surface area contributed by atoms with Gasteiger partial charge in [0, 0.05) is 38.8 Å². The lowest BCUT2D eigenvalue weighted by molar-refractivity contribution is -0.127. The van der Waals surface area contributed by atoms with Crippen LogP contribution in [0.1, 0.15) is 10.4 Å². The number of ether oxygens (including phenoxy) is 1. The Morgan fingerprint density at radius 1 is 1.07 bits per heavy atom. The molecule has 2 aromatic rings. The number of benzene rings is 2. The Morgan fingerprint density at radius 2 is 1.80 bits per heavy atom. The van der Waals surface area contributed by atoms with Crippen LogP contribution < -0.4 is 10.1 Å². The zero-order chi connectivity index (χ0) is 21.7. The molecule has 0 saturated carbocycles. The van der Waals surface area contributed by atoms with Crippen molar-refractivity contribution in [2.75, 3.05) is 39.8 Å². The van der Waals surface area contributed by atoms with Gasteiger partial charge in [-0.15, -0.1) is 0 Å². The predicted octanol–water partition coefficient (Wildman–Crippen LogP) is 2.06. The Morgan fingerprint density at radius 3 is 2.47 bits per heavy atom. The fourth-order valence-corrected chi connectivity index (χ4v) is 3.30. The Balaban J connectivity index is 1.63. The highest BCUT2D eigenvalue weighted by Gasteiger charge is 2.35. The lowest BCUT2D eigenvalue weighted by atomic mass is 10.1. The summed E-state index contributed by atoms with van der Waals surface area (Å²) in [4.78, 5) is 28.5. The van der Waals surface area contributed by atoms with Crippen LogP contribution in [0.5, 0.6) is 5.75 Å². The van der Waals surface area contributed by atoms with E-state index in [1.807, 2.05) is 4.90 Å². The molecule has 0 radical (unpaired) electrons. The van der Waals surface area contributed by atoms with Crippen molar-refractivity contribution in [3.63, 3.8) is 0 Å². The average Bonchev–Trinajstić information content (AvgIpc) is 2.76. The summed E-state index contributed by atoms with van der Waals surface area (Å²) in [6, 6.07) is 7.81. The molecule has 1 aliphatic rings. The van der Waals surface area contributed by atoms with Gasteiger partial charge in [0.15, 0.2) is 11.6 Å². The van der Waals surface area contributed by atoms with Gasteiger partial charge >= 0.3 is 0 Å². The van der Waals surface area contributed by atoms with Crippen LogP contribution in [0.2, 0.25) is 0 Å². The molecule has 9 heteroatoms. The van der Waals surface area contributed by atoms with Gasteiger partial charge in [-0.05, 0) is 42.5 Å². The molecule has 0 bridgehead atoms. The second-order valence-electron chi connectivity index (χ2n) is 6.86. The minimum atomic E-state index is -1.12. The predicted molar refractivity (Wildman–Crippen MR) is 104 cm³/mol. The van der Waals surface area contributed by atoms with Crippen LogP contribution in [-0.4, -0.2) is 67.5 Å². The molecule has 3 rings (SSSR count). The molecule has 1 fully saturated rings. The van der Waals surface area contributed by atoms with E-state index in [0.717, 1.165) is 12.1 Å². The summed E-state index contributed by atoms with van der Waals surface area (Å²) >= 11 is 0. The number of likely N-dealkylation sites (N-methyl/N-ethyl adjacent to an activating group) is 1. The maximum atomic E-state index is 13.5. The summed E-state index contributed by atoms with van der Waals surface area (Å²) in [7, 11) is 1.47. The summed E-state index contributed by atoms with van der Waals surface area (Å²) in [5, 5.41) is 2.54. The lowest BCUT2D eigenvalue weighted by Crippen LogP contribution is -2.60. The van der Waals surface area contributed by atoms with Gasteiger partial charge < -0.3 is 15.0 Å². The van der Waals surface area contributed by atoms with Crippen molar-refractivity contribution in [2.45, 2.75) is 6.04 Å². The first-order valence-electron chi connectivity index (χ1n) is 9.47. The highest BCUT2D eigenvalue weighted by Crippen LogP contribution is 2.17. The molecule has 1 atom stereocenters. The van der Waals surface area contributed by atoms with E-state index in [9.17, 15) is 22.8 Å². The minimum Gasteiger partial charge on any atom is -0.492 e. The number of carbonyl (C=O) groups excluding carboxylic acids is 2. The quantitative estimate of drug-likeness (QED) is 0.776. The van der Waals surface area contributed by atoms with Gasteiger partial charge in [0.2, 0.25) is 5.91 Å². The van der Waals surface area contributed by atoms with Crippen molar-refractivity contribution < 1.29 is 27.5 Å². The van der Waals surface area contributed by atoms with E-state index in [1.54, 1.807) is 0 Å². The van der Waals surface area contributed by atoms with Crippen LogP contribution in [0.3, 0.4) is 0 Å². The first-order valence-corrected chi connectivity index (χ1v) is 9.47. The summed E-state index contributed by atoms with van der Waals surface area (Å²) in [6.07, 6.45) is 0. The zero-order valence-corrected chi connectivity index (χ0v) is 16.4. The summed E-state index contributed by atoms with van der Waals surface area (Å²) in [5.41, 5.74) is -0.0177. The monoisotopic (exact) mass is 421 g/mol. The average molecular weight is 421 g/mol. The van der Waals surface area contributed by atoms with Crippen LogP contribution >= 0.6 is 0 Å². The van der Waals surface area contributed by atoms with Gasteiger partial charge in [0.1, 0.15) is 24.2 Å². The van der Waals surface area contributed by atoms with E-state index in [-0.39, 0.29) is 30.4 Å². The Hall–Kier alpha value is -3.07. The van der Waals surface area contributed by atoms with Crippen molar-refractivity contribution >= 4 is 11.8 Å². The van der Waals surface area contributed by atoms with Crippen molar-refractivity contribution in [3.05, 3.63) is 65.5 Å². The van der Waals surface area contributed by atoms with Crippen molar-refractivity contribution in [1.29, 1.82) is 0 Å². The van der Waals surface area contributed by atoms with Crippen molar-refractivity contribution in [3.8, 4) is 5.75 Å². The van der Waals surface area contributed by atoms with Crippen LogP contribution in [0, 0.1) is 17.5 Å². The summed E-state index contributed by atoms with van der Waals surface area (Å²) < 4.78 is 45.2. The normalized spacial score (nSPS) is 16.9. The standard InChI is InChI=1S/C21H22F3N3O3/c1-25-20(28)19-13-26(10-11-30-16-5-3-15(22)4-6-16)8-9-27(19)21(29)14-2-7-17(23)18(24)12-14/h2-7,12,19H,8-11,13H2,1H3,(H,25,28). The second-order valence-corrected chi connectivity index (χ2v) is 6.86. The van der Waals surface area contributed by atoms with Crippen molar-refractivity contribution in [1.82, 2.24) is 15.1 Å². The SMILES string of the molecule is CNC(=O)C1CN(CCOc2ccc(F)cc2)CCN1C(=O)c1ccc(F)c(F)c1. The Bertz CT molecular complexity index is 908. The van der Waals surface area contributed by atoms with Gasteiger partial charge in [0.25, 0.3) is 5.91 Å². The van der Waals surface area contributed by atoms with E-state index in [2.05, 4.69) is 5.32 Å². The molecule has 0 spiro atoms. The van der Waals surface area contributed by atoms with Crippen LogP contribution in [0.25, 0.3) is 0 Å². The number of carbonyl (C=O) groups is 2. The number of rotatable bonds is 6. The molecule has 2 amide bonds. The minimum absolute atomic E-state index is 0.0177. The first-order chi connectivity index (χ1) is 14.4. The second kappa shape index (κ2) is 9.62. The maximum absolute atomic E-state index is 13.5. The van der Waals surface area contributed by atoms with Crippen molar-refractivity contribution in [2.24, 2.45) is 0 Å². The summed E-state index contributed by atoms with van der Waals surface area (Å²) in [6.45, 7) is 1.81. The van der Waals surface area contributed by atoms with Crippen LogP contribution in [0.4, 0.5) is 13.2 Å². The van der Waals surface area contributed by atoms with Gasteiger partial charge in [0.05, 0.1) is 0 Å². The van der Waals surface area contributed by atoms with Crippen LogP contribution in [0.15, 0.2) is 42.5 Å². The third kappa shape index (κ3) is 5.10. The highest BCUT2D eigenvalue weighted by molar-refractivity contribution is 5.97. The molecular weight excluding hydrogens is 399 g/mol. The molecule has 1 aliphatic heterocycles. The zero-order valence-electron chi connectivity index (χ0n) is 16.4. The fraction of sp³-hybridized carbons (Fsp3) is 0.333. The number of nitrogens with one attached hydrogen (secondary N) is 1. The Labute approximate surface area is 172 Å². The molecule has 1 N–H and O–H groups in total. The van der Waals surface area contributed by atoms with Crippen LogP contribution in [-0.2, 0) is 4.79 Å². The third-order valence-electron chi connectivity index (χ3n) is 4.93. The largest absolute Gasteiger partial charge is 0.492 e. The molecule has 0 aliphatic carbocycles. The van der Waals surface area contributed by atoms with E-state index in [0.29, 0.717) is 25.4 Å². The Kier molecular flexibility index (Phi) is 6.94. The summed E-state index contributed by atoms with van der Waals surface area (Å²) in [5.74, 6) is -2.86. The highest BCUT2D eigenvalue weighted by atomic mass is 19.2. The van der Waals surface area contributed by atoms with Gasteiger partial charge in [-0.25, -0.2) is 13.2 Å². The molecule has 1 saturated heterocycles. The number of amides is 2. The first kappa shape index (κ1) is 21.6. The van der Waals surface area contributed by atoms with E-state index >= 15 is 0 Å². The number of halogens is 3. The van der Waals surface area contributed by atoms with E-state index < -0.39 is 23.6 Å². The molecule has 160 valence electrons. The number of nitrogens with zero attached hydrogens (tertiary/aromatic N) is 2. The number of piperazine rings is 1. The molecule has 0 aromatic heterocycles. The maximum Gasteiger partial charge on any atom is 0.254 e. The lowest BCUT2D eigenvalue weighted by Gasteiger charge is -2.40. The number of hydrogen-bond acceptors (Lipinski definition) is 4. The molecule has 1 heterocycles. The van der Waals surface area contributed by atoms with Gasteiger partial charge in [-0.3, -0.25) is 14.5 Å². The molecule has 30 heavy (non-hydrogen) atoms. The van der Waals surface area contributed by atoms with Gasteiger partial charge in [-0.1, -0.05) is 0 Å². The van der Waals surface area contributed by atoms with E-state index in [1.165, 1.54) is 42.3 Å². The van der Waals surface area contributed by atoms with E-state index in [4.69, 9.17) is 4.74 Å². The fourth-order valence-electron chi connectivity index (χ4n) is 3.30. The topological polar surface area (TPSA) is 61.9 Å².